The van der Waals surface area contributed by atoms with E-state index in [0.717, 1.165) is 27.5 Å². The van der Waals surface area contributed by atoms with Crippen LogP contribution in [0.5, 0.6) is 0 Å². The van der Waals surface area contributed by atoms with Crippen LogP contribution in [0.25, 0.3) is 0 Å². The largest absolute Gasteiger partial charge is 0.331 e. The molecule has 2 aromatic rings. The molecule has 0 bridgehead atoms. The molecule has 0 spiro atoms. The molecule has 2 nitrogen and oxygen atoms in total. The Balaban J connectivity index is 1.83. The molecule has 0 saturated heterocycles. The van der Waals surface area contributed by atoms with Gasteiger partial charge in [-0.1, -0.05) is 24.3 Å². The monoisotopic (exact) mass is 395 g/mol. The van der Waals surface area contributed by atoms with E-state index in [2.05, 4.69) is 22.6 Å². The molecule has 0 heterocycles. The van der Waals surface area contributed by atoms with Gasteiger partial charge in [-0.15, -0.1) is 0 Å². The van der Waals surface area contributed by atoms with Crippen LogP contribution in [0.4, 0.5) is 4.39 Å². The van der Waals surface area contributed by atoms with Crippen LogP contribution in [-0.2, 0) is 6.54 Å². The number of amides is 1. The molecule has 108 valence electrons. The van der Waals surface area contributed by atoms with Gasteiger partial charge in [0, 0.05) is 16.2 Å². The van der Waals surface area contributed by atoms with Gasteiger partial charge >= 0.3 is 0 Å². The van der Waals surface area contributed by atoms with Gasteiger partial charge in [0.05, 0.1) is 5.56 Å². The Morgan fingerprint density at radius 2 is 1.81 bits per heavy atom. The minimum absolute atomic E-state index is 0.0619. The zero-order valence-corrected chi connectivity index (χ0v) is 13.6. The second-order valence-electron chi connectivity index (χ2n) is 5.27. The summed E-state index contributed by atoms with van der Waals surface area (Å²) in [5.41, 5.74) is 1.70. The predicted octanol–water partition coefficient (Wildman–Crippen LogP) is 4.24. The van der Waals surface area contributed by atoms with E-state index in [1.807, 2.05) is 29.2 Å². The van der Waals surface area contributed by atoms with Gasteiger partial charge in [-0.05, 0) is 65.3 Å². The summed E-state index contributed by atoms with van der Waals surface area (Å²) < 4.78 is 14.0. The lowest BCUT2D eigenvalue weighted by Gasteiger charge is -2.23. The Labute approximate surface area is 137 Å². The van der Waals surface area contributed by atoms with Crippen molar-refractivity contribution in [1.82, 2.24) is 4.90 Å². The Bertz CT molecular complexity index is 652. The first-order chi connectivity index (χ1) is 10.1. The maximum absolute atomic E-state index is 13.0. The quantitative estimate of drug-likeness (QED) is 0.710. The van der Waals surface area contributed by atoms with Crippen molar-refractivity contribution in [2.75, 3.05) is 0 Å². The van der Waals surface area contributed by atoms with Gasteiger partial charge in [-0.2, -0.15) is 0 Å². The lowest BCUT2D eigenvalue weighted by atomic mass is 10.1. The third-order valence-electron chi connectivity index (χ3n) is 3.62. The van der Waals surface area contributed by atoms with Crippen LogP contribution < -0.4 is 0 Å². The number of halogens is 2. The summed E-state index contributed by atoms with van der Waals surface area (Å²) in [4.78, 5) is 14.7. The number of nitrogens with zero attached hydrogens (tertiary/aromatic N) is 1. The Kier molecular flexibility index (Phi) is 4.24. The van der Waals surface area contributed by atoms with Crippen LogP contribution in [0.2, 0.25) is 0 Å². The fourth-order valence-electron chi connectivity index (χ4n) is 2.33. The highest BCUT2D eigenvalue weighted by molar-refractivity contribution is 14.1. The van der Waals surface area contributed by atoms with E-state index in [1.54, 1.807) is 12.1 Å². The molecule has 2 aromatic carbocycles. The SMILES string of the molecule is O=C(c1ccccc1I)N(Cc1ccc(F)cc1)C1CC1. The zero-order valence-electron chi connectivity index (χ0n) is 11.4. The molecule has 0 atom stereocenters. The molecule has 1 fully saturated rings. The van der Waals surface area contributed by atoms with Crippen molar-refractivity contribution in [3.8, 4) is 0 Å². The number of carbonyl (C=O) groups is 1. The lowest BCUT2D eigenvalue weighted by molar-refractivity contribution is 0.0729. The fourth-order valence-corrected chi connectivity index (χ4v) is 2.95. The zero-order chi connectivity index (χ0) is 14.8. The van der Waals surface area contributed by atoms with E-state index in [4.69, 9.17) is 0 Å². The van der Waals surface area contributed by atoms with E-state index >= 15 is 0 Å². The summed E-state index contributed by atoms with van der Waals surface area (Å²) >= 11 is 2.19. The summed E-state index contributed by atoms with van der Waals surface area (Å²) in [6, 6.07) is 14.3. The third-order valence-corrected chi connectivity index (χ3v) is 4.56. The molecular weight excluding hydrogens is 380 g/mol. The third kappa shape index (κ3) is 3.43. The van der Waals surface area contributed by atoms with Gasteiger partial charge in [0.15, 0.2) is 0 Å². The van der Waals surface area contributed by atoms with Crippen molar-refractivity contribution in [3.63, 3.8) is 0 Å². The van der Waals surface area contributed by atoms with Crippen molar-refractivity contribution in [2.45, 2.75) is 25.4 Å². The van der Waals surface area contributed by atoms with E-state index in [1.165, 1.54) is 12.1 Å². The van der Waals surface area contributed by atoms with E-state index < -0.39 is 0 Å². The first-order valence-electron chi connectivity index (χ1n) is 6.95. The smallest absolute Gasteiger partial charge is 0.255 e. The molecule has 0 aliphatic heterocycles. The number of rotatable bonds is 4. The Hall–Kier alpha value is -1.43. The molecular formula is C17H15FINO. The van der Waals surface area contributed by atoms with E-state index in [-0.39, 0.29) is 11.7 Å². The first-order valence-corrected chi connectivity index (χ1v) is 8.03. The summed E-state index contributed by atoms with van der Waals surface area (Å²) in [6.07, 6.45) is 2.10. The molecule has 0 aromatic heterocycles. The second-order valence-corrected chi connectivity index (χ2v) is 6.43. The summed E-state index contributed by atoms with van der Waals surface area (Å²) in [6.45, 7) is 0.536. The molecule has 1 amide bonds. The minimum Gasteiger partial charge on any atom is -0.331 e. The highest BCUT2D eigenvalue weighted by Crippen LogP contribution is 2.30. The van der Waals surface area contributed by atoms with Crippen LogP contribution in [0.1, 0.15) is 28.8 Å². The van der Waals surface area contributed by atoms with Crippen LogP contribution >= 0.6 is 22.6 Å². The van der Waals surface area contributed by atoms with Gasteiger partial charge in [0.1, 0.15) is 5.82 Å². The first kappa shape index (κ1) is 14.5. The van der Waals surface area contributed by atoms with Crippen molar-refractivity contribution >= 4 is 28.5 Å². The standard InChI is InChI=1S/C17H15FINO/c18-13-7-5-12(6-8-13)11-20(14-9-10-14)17(21)15-3-1-2-4-16(15)19/h1-8,14H,9-11H2. The van der Waals surface area contributed by atoms with Crippen LogP contribution in [-0.4, -0.2) is 16.8 Å². The second kappa shape index (κ2) is 6.13. The Morgan fingerprint density at radius 3 is 2.43 bits per heavy atom. The average Bonchev–Trinajstić information content (AvgIpc) is 3.31. The minimum atomic E-state index is -0.249. The number of carbonyl (C=O) groups excluding carboxylic acids is 1. The molecule has 4 heteroatoms. The topological polar surface area (TPSA) is 20.3 Å². The predicted molar refractivity (Wildman–Crippen MR) is 88.5 cm³/mol. The molecule has 1 aliphatic rings. The van der Waals surface area contributed by atoms with Crippen molar-refractivity contribution in [1.29, 1.82) is 0 Å². The molecule has 1 aliphatic carbocycles. The number of benzene rings is 2. The highest BCUT2D eigenvalue weighted by atomic mass is 127. The van der Waals surface area contributed by atoms with Crippen LogP contribution in [0, 0.1) is 9.39 Å². The Morgan fingerprint density at radius 1 is 1.14 bits per heavy atom. The maximum atomic E-state index is 13.0. The maximum Gasteiger partial charge on any atom is 0.255 e. The normalized spacial score (nSPS) is 14.0. The van der Waals surface area contributed by atoms with Crippen molar-refractivity contribution in [3.05, 3.63) is 69.0 Å². The molecule has 0 N–H and O–H groups in total. The molecule has 21 heavy (non-hydrogen) atoms. The van der Waals surface area contributed by atoms with Crippen LogP contribution in [0.3, 0.4) is 0 Å². The number of hydrogen-bond donors (Lipinski definition) is 0. The van der Waals surface area contributed by atoms with Gasteiger partial charge in [-0.3, -0.25) is 4.79 Å². The lowest BCUT2D eigenvalue weighted by Crippen LogP contribution is -2.33. The van der Waals surface area contributed by atoms with Crippen LogP contribution in [0.15, 0.2) is 48.5 Å². The van der Waals surface area contributed by atoms with Gasteiger partial charge in [-0.25, -0.2) is 4.39 Å². The van der Waals surface area contributed by atoms with Gasteiger partial charge in [0.25, 0.3) is 5.91 Å². The summed E-state index contributed by atoms with van der Waals surface area (Å²) in [5, 5.41) is 0. The van der Waals surface area contributed by atoms with Gasteiger partial charge < -0.3 is 4.90 Å². The summed E-state index contributed by atoms with van der Waals surface area (Å²) in [5.74, 6) is -0.188. The van der Waals surface area contributed by atoms with Crippen molar-refractivity contribution < 1.29 is 9.18 Å². The molecule has 0 radical (unpaired) electrons. The fraction of sp³-hybridized carbons (Fsp3) is 0.235. The molecule has 1 saturated carbocycles. The van der Waals surface area contributed by atoms with E-state index in [9.17, 15) is 9.18 Å². The van der Waals surface area contributed by atoms with Crippen molar-refractivity contribution in [2.24, 2.45) is 0 Å². The van der Waals surface area contributed by atoms with E-state index in [0.29, 0.717) is 12.6 Å². The van der Waals surface area contributed by atoms with Gasteiger partial charge in [0.2, 0.25) is 0 Å². The summed E-state index contributed by atoms with van der Waals surface area (Å²) in [7, 11) is 0. The number of hydrogen-bond acceptors (Lipinski definition) is 1. The molecule has 3 rings (SSSR count). The highest BCUT2D eigenvalue weighted by Gasteiger charge is 2.33. The molecule has 0 unspecified atom stereocenters. The average molecular weight is 395 g/mol.